The van der Waals surface area contributed by atoms with Crippen molar-refractivity contribution in [2.75, 3.05) is 23.0 Å². The number of aromatic nitrogens is 3. The molecule has 2 aromatic heterocycles. The predicted octanol–water partition coefficient (Wildman–Crippen LogP) is 3.68. The number of carbonyl (C=O) groups is 1. The van der Waals surface area contributed by atoms with Crippen molar-refractivity contribution >= 4 is 62.5 Å². The number of hydrogen-bond acceptors (Lipinski definition) is 7. The Balaban J connectivity index is 1.58. The Morgan fingerprint density at radius 1 is 1.40 bits per heavy atom. The first-order chi connectivity index (χ1) is 12.2. The number of thiazole rings is 1. The number of nitrogens with one attached hydrogen (secondary N) is 1. The standard InChI is InChI=1S/C16H14ClN5OS2/c1-24-16-21-14-12(25-16)13(18-8-19-14)20-11-5-6-22(15(11)23)10-4-2-3-9(17)7-10/h2-4,7-8,11H,5-6H2,1H3,(H,18,19,20). The first-order valence-corrected chi connectivity index (χ1v) is 10.1. The first kappa shape index (κ1) is 16.6. The predicted molar refractivity (Wildman–Crippen MR) is 103 cm³/mol. The summed E-state index contributed by atoms with van der Waals surface area (Å²) in [5, 5.41) is 3.89. The average Bonchev–Trinajstić information content (AvgIpc) is 3.19. The van der Waals surface area contributed by atoms with E-state index in [0.29, 0.717) is 29.5 Å². The van der Waals surface area contributed by atoms with Gasteiger partial charge in [-0.05, 0) is 30.9 Å². The van der Waals surface area contributed by atoms with Gasteiger partial charge in [0.25, 0.3) is 0 Å². The molecule has 128 valence electrons. The van der Waals surface area contributed by atoms with Gasteiger partial charge in [0, 0.05) is 17.3 Å². The summed E-state index contributed by atoms with van der Waals surface area (Å²) in [5.74, 6) is 0.678. The van der Waals surface area contributed by atoms with Crippen LogP contribution in [0.2, 0.25) is 5.02 Å². The topological polar surface area (TPSA) is 71.0 Å². The van der Waals surface area contributed by atoms with Crippen molar-refractivity contribution in [2.24, 2.45) is 0 Å². The molecule has 1 aliphatic rings. The van der Waals surface area contributed by atoms with Crippen LogP contribution in [0.4, 0.5) is 11.5 Å². The first-order valence-electron chi connectivity index (χ1n) is 7.64. The van der Waals surface area contributed by atoms with Crippen molar-refractivity contribution < 1.29 is 4.79 Å². The molecule has 1 saturated heterocycles. The Labute approximate surface area is 157 Å². The van der Waals surface area contributed by atoms with Gasteiger partial charge in [0.2, 0.25) is 5.91 Å². The Bertz CT molecular complexity index is 947. The fourth-order valence-corrected chi connectivity index (χ4v) is 4.45. The minimum Gasteiger partial charge on any atom is -0.357 e. The van der Waals surface area contributed by atoms with Crippen molar-refractivity contribution in [3.63, 3.8) is 0 Å². The lowest BCUT2D eigenvalue weighted by Crippen LogP contribution is -2.33. The molecule has 6 nitrogen and oxygen atoms in total. The summed E-state index contributed by atoms with van der Waals surface area (Å²) in [7, 11) is 0. The zero-order valence-corrected chi connectivity index (χ0v) is 15.7. The number of fused-ring (bicyclic) bond motifs is 1. The second-order valence-corrected chi connectivity index (χ2v) is 8.00. The van der Waals surface area contributed by atoms with E-state index in [1.54, 1.807) is 28.8 Å². The summed E-state index contributed by atoms with van der Waals surface area (Å²) in [4.78, 5) is 27.5. The zero-order chi connectivity index (χ0) is 17.4. The molecular formula is C16H14ClN5OS2. The van der Waals surface area contributed by atoms with Crippen LogP contribution >= 0.6 is 34.7 Å². The summed E-state index contributed by atoms with van der Waals surface area (Å²) >= 11 is 9.14. The van der Waals surface area contributed by atoms with Crippen molar-refractivity contribution in [3.8, 4) is 0 Å². The molecular weight excluding hydrogens is 378 g/mol. The molecule has 0 spiro atoms. The Morgan fingerprint density at radius 2 is 2.28 bits per heavy atom. The van der Waals surface area contributed by atoms with Gasteiger partial charge in [-0.25, -0.2) is 15.0 Å². The third kappa shape index (κ3) is 3.17. The van der Waals surface area contributed by atoms with Crippen molar-refractivity contribution in [2.45, 2.75) is 16.8 Å². The van der Waals surface area contributed by atoms with Crippen molar-refractivity contribution in [1.82, 2.24) is 15.0 Å². The summed E-state index contributed by atoms with van der Waals surface area (Å²) in [6.07, 6.45) is 4.15. The van der Waals surface area contributed by atoms with Crippen molar-refractivity contribution in [1.29, 1.82) is 0 Å². The Kier molecular flexibility index (Phi) is 4.49. The number of benzene rings is 1. The molecule has 0 bridgehead atoms. The number of carbonyl (C=O) groups excluding carboxylic acids is 1. The van der Waals surface area contributed by atoms with Gasteiger partial charge in [-0.2, -0.15) is 0 Å². The number of thioether (sulfide) groups is 1. The smallest absolute Gasteiger partial charge is 0.249 e. The maximum absolute atomic E-state index is 12.8. The second kappa shape index (κ2) is 6.78. The normalized spacial score (nSPS) is 17.4. The molecule has 0 radical (unpaired) electrons. The zero-order valence-electron chi connectivity index (χ0n) is 13.3. The maximum Gasteiger partial charge on any atom is 0.249 e. The number of amides is 1. The highest BCUT2D eigenvalue weighted by Crippen LogP contribution is 2.32. The van der Waals surface area contributed by atoms with Crippen LogP contribution in [0.15, 0.2) is 34.9 Å². The molecule has 1 fully saturated rings. The molecule has 9 heteroatoms. The highest BCUT2D eigenvalue weighted by Gasteiger charge is 2.33. The molecule has 1 N–H and O–H groups in total. The number of halogens is 1. The maximum atomic E-state index is 12.8. The largest absolute Gasteiger partial charge is 0.357 e. The van der Waals surface area contributed by atoms with Crippen LogP contribution in [0, 0.1) is 0 Å². The quantitative estimate of drug-likeness (QED) is 0.684. The van der Waals surface area contributed by atoms with E-state index in [2.05, 4.69) is 20.3 Å². The molecule has 1 aliphatic heterocycles. The molecule has 1 aromatic carbocycles. The van der Waals surface area contributed by atoms with Crippen LogP contribution in [0.25, 0.3) is 10.3 Å². The lowest BCUT2D eigenvalue weighted by molar-refractivity contribution is -0.117. The van der Waals surface area contributed by atoms with Gasteiger partial charge in [0.1, 0.15) is 22.9 Å². The third-order valence-electron chi connectivity index (χ3n) is 3.98. The van der Waals surface area contributed by atoms with Gasteiger partial charge >= 0.3 is 0 Å². The summed E-state index contributed by atoms with van der Waals surface area (Å²) in [6, 6.07) is 7.02. The summed E-state index contributed by atoms with van der Waals surface area (Å²) in [5.41, 5.74) is 1.47. The number of hydrogen-bond donors (Lipinski definition) is 1. The fourth-order valence-electron chi connectivity index (χ4n) is 2.80. The van der Waals surface area contributed by atoms with Gasteiger partial charge in [0.05, 0.1) is 0 Å². The number of rotatable bonds is 4. The van der Waals surface area contributed by atoms with Crippen LogP contribution in [-0.2, 0) is 4.79 Å². The van der Waals surface area contributed by atoms with E-state index in [0.717, 1.165) is 14.7 Å². The summed E-state index contributed by atoms with van der Waals surface area (Å²) in [6.45, 7) is 0.643. The number of nitrogens with zero attached hydrogens (tertiary/aromatic N) is 4. The van der Waals surface area contributed by atoms with Gasteiger partial charge < -0.3 is 10.2 Å². The van der Waals surface area contributed by atoms with Crippen LogP contribution in [0.3, 0.4) is 0 Å². The third-order valence-corrected chi connectivity index (χ3v) is 6.25. The molecule has 3 aromatic rings. The SMILES string of the molecule is CSc1nc2ncnc(NC3CCN(c4cccc(Cl)c4)C3=O)c2s1. The molecule has 4 rings (SSSR count). The molecule has 0 aliphatic carbocycles. The summed E-state index contributed by atoms with van der Waals surface area (Å²) < 4.78 is 1.80. The molecule has 1 amide bonds. The van der Waals surface area contributed by atoms with Crippen LogP contribution in [0.1, 0.15) is 6.42 Å². The van der Waals surface area contributed by atoms with E-state index in [-0.39, 0.29) is 11.9 Å². The lowest BCUT2D eigenvalue weighted by Gasteiger charge is -2.17. The number of anilines is 2. The monoisotopic (exact) mass is 391 g/mol. The van der Waals surface area contributed by atoms with Gasteiger partial charge in [-0.1, -0.05) is 29.4 Å². The van der Waals surface area contributed by atoms with Gasteiger partial charge in [-0.15, -0.1) is 11.3 Å². The van der Waals surface area contributed by atoms with Gasteiger partial charge in [0.15, 0.2) is 9.99 Å². The van der Waals surface area contributed by atoms with E-state index >= 15 is 0 Å². The molecule has 25 heavy (non-hydrogen) atoms. The van der Waals surface area contributed by atoms with E-state index < -0.39 is 0 Å². The minimum absolute atomic E-state index is 0.0173. The minimum atomic E-state index is -0.322. The highest BCUT2D eigenvalue weighted by molar-refractivity contribution is 8.00. The molecule has 0 saturated carbocycles. The molecule has 1 atom stereocenters. The highest BCUT2D eigenvalue weighted by atomic mass is 35.5. The van der Waals surface area contributed by atoms with E-state index in [1.807, 2.05) is 18.4 Å². The van der Waals surface area contributed by atoms with E-state index in [1.165, 1.54) is 17.7 Å². The molecule has 3 heterocycles. The average molecular weight is 392 g/mol. The van der Waals surface area contributed by atoms with Gasteiger partial charge in [-0.3, -0.25) is 4.79 Å². The molecule has 1 unspecified atom stereocenters. The fraction of sp³-hybridized carbons (Fsp3) is 0.250. The second-order valence-electron chi connectivity index (χ2n) is 5.51. The van der Waals surface area contributed by atoms with Crippen LogP contribution < -0.4 is 10.2 Å². The van der Waals surface area contributed by atoms with E-state index in [9.17, 15) is 4.79 Å². The van der Waals surface area contributed by atoms with Crippen molar-refractivity contribution in [3.05, 3.63) is 35.6 Å². The Hall–Kier alpha value is -1.90. The van der Waals surface area contributed by atoms with Crippen LogP contribution in [-0.4, -0.2) is 39.7 Å². The lowest BCUT2D eigenvalue weighted by atomic mass is 10.2. The van der Waals surface area contributed by atoms with E-state index in [4.69, 9.17) is 11.6 Å². The van der Waals surface area contributed by atoms with Crippen LogP contribution in [0.5, 0.6) is 0 Å². The Morgan fingerprint density at radius 3 is 3.08 bits per heavy atom.